The molecule has 17 heteroatoms. The van der Waals surface area contributed by atoms with Gasteiger partial charge in [0.2, 0.25) is 11.8 Å². The summed E-state index contributed by atoms with van der Waals surface area (Å²) in [6.07, 6.45) is 2.90. The molecule has 0 radical (unpaired) electrons. The Labute approximate surface area is 365 Å². The third kappa shape index (κ3) is 14.7. The van der Waals surface area contributed by atoms with Gasteiger partial charge < -0.3 is 29.2 Å². The molecule has 3 aromatic rings. The van der Waals surface area contributed by atoms with Crippen LogP contribution in [0.3, 0.4) is 0 Å². The van der Waals surface area contributed by atoms with Crippen LogP contribution in [0.15, 0.2) is 60.9 Å². The zero-order valence-electron chi connectivity index (χ0n) is 37.7. The largest absolute Gasteiger partial charge is 0.519 e. The van der Waals surface area contributed by atoms with Crippen molar-refractivity contribution in [2.45, 2.75) is 116 Å². The number of nitrogens with zero attached hydrogens (tertiary/aromatic N) is 3. The first-order valence-electron chi connectivity index (χ1n) is 20.5. The van der Waals surface area contributed by atoms with Crippen molar-refractivity contribution in [3.8, 4) is 0 Å². The number of aromatic nitrogens is 1. The van der Waals surface area contributed by atoms with Gasteiger partial charge in [0.1, 0.15) is 40.1 Å². The molecule has 7 rings (SSSR count). The second kappa shape index (κ2) is 19.3. The zero-order valence-corrected chi connectivity index (χ0v) is 37.7. The van der Waals surface area contributed by atoms with Crippen LogP contribution in [-0.4, -0.2) is 84.1 Å². The van der Waals surface area contributed by atoms with Gasteiger partial charge in [-0.3, -0.25) is 14.6 Å². The number of carbonyl (C=O) groups is 5. The van der Waals surface area contributed by atoms with Gasteiger partial charge in [0.25, 0.3) is 0 Å². The predicted octanol–water partition coefficient (Wildman–Crippen LogP) is 9.15. The summed E-state index contributed by atoms with van der Waals surface area (Å²) in [6.45, 7) is 15.8. The number of nitrogens with one attached hydrogen (secondary N) is 1. The molecule has 3 amide bonds. The molecule has 63 heavy (non-hydrogen) atoms. The molecule has 13 nitrogen and oxygen atoms in total. The number of anilines is 1. The number of piperidine rings is 2. The number of amides is 3. The Kier molecular flexibility index (Phi) is 15.3. The van der Waals surface area contributed by atoms with Gasteiger partial charge >= 0.3 is 18.4 Å². The number of carbonyl (C=O) groups excluding carboxylic acids is 5. The second-order valence-corrected chi connectivity index (χ2v) is 19.2. The lowest BCUT2D eigenvalue weighted by Crippen LogP contribution is -2.48. The maximum absolute atomic E-state index is 13.5. The van der Waals surface area contributed by atoms with Crippen LogP contribution in [0.25, 0.3) is 0 Å². The van der Waals surface area contributed by atoms with Crippen molar-refractivity contribution in [3.63, 3.8) is 0 Å². The van der Waals surface area contributed by atoms with Crippen LogP contribution in [0.4, 0.5) is 37.6 Å². The number of ether oxygens (including phenoxy) is 4. The molecule has 2 aromatic carbocycles. The lowest BCUT2D eigenvalue weighted by Gasteiger charge is -2.33. The van der Waals surface area contributed by atoms with E-state index in [0.29, 0.717) is 30.5 Å². The summed E-state index contributed by atoms with van der Waals surface area (Å²) in [6, 6.07) is 11.0. The second-order valence-electron chi connectivity index (χ2n) is 19.2. The maximum Gasteiger partial charge on any atom is 0.519 e. The molecule has 344 valence electrons. The van der Waals surface area contributed by atoms with E-state index >= 15 is 0 Å². The summed E-state index contributed by atoms with van der Waals surface area (Å²) in [4.78, 5) is 64.6. The monoisotopic (exact) mass is 886 g/mol. The van der Waals surface area contributed by atoms with E-state index in [4.69, 9.17) is 14.2 Å². The maximum atomic E-state index is 13.5. The number of benzene rings is 2. The summed E-state index contributed by atoms with van der Waals surface area (Å²) in [5, 5.41) is 2.77. The van der Waals surface area contributed by atoms with Crippen LogP contribution in [-0.2, 0) is 39.4 Å². The Bertz CT molecular complexity index is 2090. The van der Waals surface area contributed by atoms with E-state index in [0.717, 1.165) is 23.5 Å². The molecular weight excluding hydrogens is 829 g/mol. The van der Waals surface area contributed by atoms with Gasteiger partial charge in [-0.2, -0.15) is 0 Å². The van der Waals surface area contributed by atoms with Gasteiger partial charge in [-0.25, -0.2) is 36.8 Å². The highest BCUT2D eigenvalue weighted by atomic mass is 19.1. The zero-order chi connectivity index (χ0) is 47.3. The van der Waals surface area contributed by atoms with Crippen molar-refractivity contribution in [2.24, 2.45) is 11.8 Å². The van der Waals surface area contributed by atoms with E-state index in [1.807, 2.05) is 31.1 Å². The number of hydrogen-bond donors (Lipinski definition) is 1. The molecule has 4 aliphatic rings. The number of imide groups is 1. The number of halogens is 4. The minimum Gasteiger partial charge on any atom is -0.443 e. The molecule has 2 saturated heterocycles. The summed E-state index contributed by atoms with van der Waals surface area (Å²) in [5.74, 6) is -2.39. The van der Waals surface area contributed by atoms with Gasteiger partial charge in [0, 0.05) is 81.1 Å². The predicted molar refractivity (Wildman–Crippen MR) is 225 cm³/mol. The third-order valence-electron chi connectivity index (χ3n) is 10.3. The highest BCUT2D eigenvalue weighted by Crippen LogP contribution is 2.59. The van der Waals surface area contributed by atoms with Crippen molar-refractivity contribution in [3.05, 3.63) is 95.3 Å². The number of likely N-dealkylation sites (tertiary alicyclic amines) is 1. The summed E-state index contributed by atoms with van der Waals surface area (Å²) < 4.78 is 72.3. The number of fused-ring (bicyclic) bond motifs is 2. The Morgan fingerprint density at radius 2 is 1.11 bits per heavy atom. The topological polar surface area (TPSA) is 154 Å². The molecule has 3 heterocycles. The average Bonchev–Trinajstić information content (AvgIpc) is 4.03. The van der Waals surface area contributed by atoms with Crippen molar-refractivity contribution in [1.29, 1.82) is 0 Å². The smallest absolute Gasteiger partial charge is 0.443 e. The van der Waals surface area contributed by atoms with E-state index in [9.17, 15) is 41.5 Å². The van der Waals surface area contributed by atoms with Crippen molar-refractivity contribution in [2.75, 3.05) is 32.1 Å². The molecule has 0 spiro atoms. The molecule has 2 saturated carbocycles. The van der Waals surface area contributed by atoms with Crippen LogP contribution in [0.1, 0.15) is 99.1 Å². The molecule has 4 atom stereocenters. The van der Waals surface area contributed by atoms with Crippen LogP contribution < -0.4 is 10.2 Å². The minimum atomic E-state index is -1.06. The molecule has 1 aromatic heterocycles. The summed E-state index contributed by atoms with van der Waals surface area (Å²) >= 11 is 0. The van der Waals surface area contributed by atoms with E-state index in [1.54, 1.807) is 74.7 Å². The van der Waals surface area contributed by atoms with Gasteiger partial charge in [0.05, 0.1) is 0 Å². The average molecular weight is 887 g/mol. The Morgan fingerprint density at radius 3 is 1.52 bits per heavy atom. The molecule has 0 bridgehead atoms. The molecule has 4 fully saturated rings. The van der Waals surface area contributed by atoms with Crippen molar-refractivity contribution >= 4 is 35.9 Å². The fourth-order valence-electron chi connectivity index (χ4n) is 7.27. The lowest BCUT2D eigenvalue weighted by atomic mass is 9.88. The number of rotatable bonds is 3. The van der Waals surface area contributed by atoms with Gasteiger partial charge in [-0.15, -0.1) is 0 Å². The van der Waals surface area contributed by atoms with Crippen LogP contribution >= 0.6 is 0 Å². The molecule has 2 aliphatic heterocycles. The Hall–Kier alpha value is -5.74. The van der Waals surface area contributed by atoms with Crippen LogP contribution in [0.5, 0.6) is 0 Å². The number of hydrogen-bond acceptors (Lipinski definition) is 11. The standard InChI is InChI=1S/C17H19F2NO3.C12H11F2NO.C10H18O5.C7H10N2/c1-16(2,3)23-15(22)20-9-17(8-11(17)6-14(20)21)10-4-12(18)7-13(19)5-10;13-9-1-7(2-10(14)4-9)12-5-8(12)3-11(16)15-6-12;1-9(2,3)14-7(11)13-8(12)15-10(4,5)6;1-9(2)7-3-5-8-6-4-7/h4-5,7,11H,6,8-9H2,1-3H3;1-2,4,8H,3,5-6H2,(H,15,16);1-6H3;3-6H,1-2H3/t11-,17-;8-,12-;;/m11../s1. The number of pyridine rings is 1. The SMILES string of the molecule is CC(C)(C)OC(=O)N1C[C@@]2(c3cc(F)cc(F)c3)C[C@H]2CC1=O.CC(C)(C)OC(=O)OC(=O)OC(C)(C)C.CN(C)c1ccncc1.O=C1C[C@@H]2C[C@]2(c2cc(F)cc(F)c2)CN1. The fraction of sp³-hybridized carbons (Fsp3) is 0.522. The minimum absolute atomic E-state index is 0.0230. The van der Waals surface area contributed by atoms with E-state index < -0.39 is 63.9 Å². The summed E-state index contributed by atoms with van der Waals surface area (Å²) in [5.41, 5.74) is -0.500. The van der Waals surface area contributed by atoms with E-state index in [1.165, 1.54) is 30.0 Å². The fourth-order valence-corrected chi connectivity index (χ4v) is 7.27. The van der Waals surface area contributed by atoms with E-state index in [-0.39, 0.29) is 42.0 Å². The Balaban J connectivity index is 0.000000194. The molecule has 0 unspecified atom stereocenters. The Morgan fingerprint density at radius 1 is 0.683 bits per heavy atom. The first-order valence-corrected chi connectivity index (χ1v) is 20.5. The van der Waals surface area contributed by atoms with Crippen molar-refractivity contribution in [1.82, 2.24) is 15.2 Å². The quantitative estimate of drug-likeness (QED) is 0.116. The normalized spacial score (nSPS) is 22.0. The highest BCUT2D eigenvalue weighted by molar-refractivity contribution is 5.94. The van der Waals surface area contributed by atoms with E-state index in [2.05, 4.69) is 15.0 Å². The first kappa shape index (κ1) is 49.9. The van der Waals surface area contributed by atoms with Gasteiger partial charge in [0.15, 0.2) is 0 Å². The van der Waals surface area contributed by atoms with Crippen LogP contribution in [0.2, 0.25) is 0 Å². The first-order chi connectivity index (χ1) is 29.0. The molecule has 1 N–H and O–H groups in total. The van der Waals surface area contributed by atoms with Gasteiger partial charge in [-0.05, 0) is 135 Å². The summed E-state index contributed by atoms with van der Waals surface area (Å²) in [7, 11) is 4.02. The van der Waals surface area contributed by atoms with Crippen LogP contribution in [0, 0.1) is 35.1 Å². The molecular formula is C46H58F4N4O9. The highest BCUT2D eigenvalue weighted by Gasteiger charge is 2.61. The van der Waals surface area contributed by atoms with Crippen molar-refractivity contribution < 1.29 is 60.5 Å². The molecule has 2 aliphatic carbocycles. The third-order valence-corrected chi connectivity index (χ3v) is 10.3. The van der Waals surface area contributed by atoms with Gasteiger partial charge in [-0.1, -0.05) is 0 Å². The lowest BCUT2D eigenvalue weighted by molar-refractivity contribution is -0.133.